The van der Waals surface area contributed by atoms with Crippen molar-refractivity contribution in [3.8, 4) is 17.2 Å². The minimum absolute atomic E-state index is 0.246. The van der Waals surface area contributed by atoms with Gasteiger partial charge in [-0.2, -0.15) is 0 Å². The van der Waals surface area contributed by atoms with Crippen molar-refractivity contribution in [1.29, 1.82) is 0 Å². The monoisotopic (exact) mass is 345 g/mol. The van der Waals surface area contributed by atoms with Gasteiger partial charge in [-0.3, -0.25) is 4.79 Å². The van der Waals surface area contributed by atoms with Gasteiger partial charge in [-0.05, 0) is 29.8 Å². The predicted octanol–water partition coefficient (Wildman–Crippen LogP) is 2.83. The third-order valence-electron chi connectivity index (χ3n) is 3.85. The van der Waals surface area contributed by atoms with Crippen molar-refractivity contribution in [2.24, 2.45) is 0 Å². The molecule has 134 valence electrons. The van der Waals surface area contributed by atoms with E-state index in [9.17, 15) is 4.79 Å². The predicted molar refractivity (Wildman–Crippen MR) is 94.6 cm³/mol. The Kier molecular flexibility index (Phi) is 6.65. The molecule has 2 aromatic carbocycles. The van der Waals surface area contributed by atoms with E-state index in [2.05, 4.69) is 5.32 Å². The van der Waals surface area contributed by atoms with E-state index in [-0.39, 0.29) is 12.0 Å². The summed E-state index contributed by atoms with van der Waals surface area (Å²) in [7, 11) is 6.29. The van der Waals surface area contributed by atoms with Crippen LogP contribution < -0.4 is 19.5 Å². The van der Waals surface area contributed by atoms with Gasteiger partial charge in [-0.1, -0.05) is 12.1 Å². The summed E-state index contributed by atoms with van der Waals surface area (Å²) in [4.78, 5) is 12.5. The maximum Gasteiger partial charge on any atom is 0.255 e. The summed E-state index contributed by atoms with van der Waals surface area (Å²) < 4.78 is 21.1. The first kappa shape index (κ1) is 18.6. The van der Waals surface area contributed by atoms with Gasteiger partial charge in [0.2, 0.25) is 0 Å². The van der Waals surface area contributed by atoms with Crippen LogP contribution >= 0.6 is 0 Å². The summed E-state index contributed by atoms with van der Waals surface area (Å²) >= 11 is 0. The second-order valence-electron chi connectivity index (χ2n) is 5.28. The molecule has 1 amide bonds. The number of hydrogen-bond donors (Lipinski definition) is 1. The van der Waals surface area contributed by atoms with Crippen LogP contribution in [0.4, 0.5) is 0 Å². The van der Waals surface area contributed by atoms with E-state index in [1.165, 1.54) is 7.11 Å². The molecular weight excluding hydrogens is 322 g/mol. The highest BCUT2D eigenvalue weighted by Gasteiger charge is 2.17. The minimum Gasteiger partial charge on any atom is -0.497 e. The molecule has 0 fully saturated rings. The molecule has 0 aliphatic carbocycles. The number of ether oxygens (including phenoxy) is 4. The number of carbonyl (C=O) groups excluding carboxylic acids is 1. The maximum absolute atomic E-state index is 12.5. The molecule has 0 saturated heterocycles. The van der Waals surface area contributed by atoms with Crippen LogP contribution in [-0.4, -0.2) is 40.9 Å². The van der Waals surface area contributed by atoms with Crippen molar-refractivity contribution < 1.29 is 23.7 Å². The summed E-state index contributed by atoms with van der Waals surface area (Å²) in [6.45, 7) is 0.317. The van der Waals surface area contributed by atoms with Gasteiger partial charge >= 0.3 is 0 Å². The summed E-state index contributed by atoms with van der Waals surface area (Å²) in [5.41, 5.74) is 1.35. The molecule has 25 heavy (non-hydrogen) atoms. The molecule has 0 aliphatic rings. The normalized spacial score (nSPS) is 11.5. The van der Waals surface area contributed by atoms with Crippen LogP contribution in [0.15, 0.2) is 42.5 Å². The second-order valence-corrected chi connectivity index (χ2v) is 5.28. The van der Waals surface area contributed by atoms with Crippen molar-refractivity contribution in [1.82, 2.24) is 5.32 Å². The Balaban J connectivity index is 2.09. The Bertz CT molecular complexity index is 717. The smallest absolute Gasteiger partial charge is 0.255 e. The fourth-order valence-electron chi connectivity index (χ4n) is 2.45. The summed E-state index contributed by atoms with van der Waals surface area (Å²) in [5.74, 6) is 1.57. The Hall–Kier alpha value is -2.73. The second kappa shape index (κ2) is 8.94. The Labute approximate surface area is 147 Å². The molecule has 0 spiro atoms. The van der Waals surface area contributed by atoms with Crippen LogP contribution in [0, 0.1) is 0 Å². The van der Waals surface area contributed by atoms with E-state index in [0.717, 1.165) is 11.3 Å². The average Bonchev–Trinajstić information content (AvgIpc) is 2.67. The molecule has 6 nitrogen and oxygen atoms in total. The van der Waals surface area contributed by atoms with Crippen molar-refractivity contribution in [2.45, 2.75) is 6.10 Å². The van der Waals surface area contributed by atoms with Gasteiger partial charge in [0.15, 0.2) is 0 Å². The third kappa shape index (κ3) is 4.64. The first-order chi connectivity index (χ1) is 12.1. The van der Waals surface area contributed by atoms with Gasteiger partial charge < -0.3 is 24.3 Å². The average molecular weight is 345 g/mol. The summed E-state index contributed by atoms with van der Waals surface area (Å²) in [5, 5.41) is 2.87. The molecule has 1 atom stereocenters. The Morgan fingerprint density at radius 3 is 2.32 bits per heavy atom. The van der Waals surface area contributed by atoms with Crippen LogP contribution in [0.3, 0.4) is 0 Å². The lowest BCUT2D eigenvalue weighted by Crippen LogP contribution is -2.29. The van der Waals surface area contributed by atoms with E-state index in [4.69, 9.17) is 18.9 Å². The standard InChI is InChI=1S/C19H23NO5/c1-22-14-7-5-6-13(10-14)18(25-4)12-20-19(21)16-9-8-15(23-2)11-17(16)24-3/h5-11,18H,12H2,1-4H3,(H,20,21). The first-order valence-electron chi connectivity index (χ1n) is 7.80. The number of amides is 1. The third-order valence-corrected chi connectivity index (χ3v) is 3.85. The lowest BCUT2D eigenvalue weighted by molar-refractivity contribution is 0.0825. The fourth-order valence-corrected chi connectivity index (χ4v) is 2.45. The quantitative estimate of drug-likeness (QED) is 0.797. The van der Waals surface area contributed by atoms with Gasteiger partial charge in [0.25, 0.3) is 5.91 Å². The van der Waals surface area contributed by atoms with Gasteiger partial charge in [0.1, 0.15) is 17.2 Å². The molecule has 0 aromatic heterocycles. The zero-order valence-electron chi connectivity index (χ0n) is 14.9. The summed E-state index contributed by atoms with van der Waals surface area (Å²) in [6.07, 6.45) is -0.289. The van der Waals surface area contributed by atoms with E-state index in [0.29, 0.717) is 23.6 Å². The molecule has 2 aromatic rings. The van der Waals surface area contributed by atoms with Gasteiger partial charge in [-0.15, -0.1) is 0 Å². The van der Waals surface area contributed by atoms with Crippen molar-refractivity contribution in [3.63, 3.8) is 0 Å². The molecule has 0 bridgehead atoms. The molecular formula is C19H23NO5. The van der Waals surface area contributed by atoms with Crippen molar-refractivity contribution in [3.05, 3.63) is 53.6 Å². The molecule has 1 N–H and O–H groups in total. The Morgan fingerprint density at radius 1 is 0.960 bits per heavy atom. The molecule has 0 radical (unpaired) electrons. The van der Waals surface area contributed by atoms with Crippen LogP contribution in [0.5, 0.6) is 17.2 Å². The number of rotatable bonds is 8. The molecule has 1 unspecified atom stereocenters. The minimum atomic E-state index is -0.289. The number of nitrogens with one attached hydrogen (secondary N) is 1. The number of benzene rings is 2. The van der Waals surface area contributed by atoms with Crippen LogP contribution in [0.2, 0.25) is 0 Å². The van der Waals surface area contributed by atoms with E-state index >= 15 is 0 Å². The molecule has 0 aliphatic heterocycles. The van der Waals surface area contributed by atoms with Crippen molar-refractivity contribution in [2.75, 3.05) is 35.0 Å². The maximum atomic E-state index is 12.5. The molecule has 2 rings (SSSR count). The van der Waals surface area contributed by atoms with Crippen LogP contribution in [0.25, 0.3) is 0 Å². The highest BCUT2D eigenvalue weighted by atomic mass is 16.5. The SMILES string of the molecule is COc1cccc(C(CNC(=O)c2ccc(OC)cc2OC)OC)c1. The summed E-state index contributed by atoms with van der Waals surface area (Å²) in [6, 6.07) is 12.6. The van der Waals surface area contributed by atoms with Gasteiger partial charge in [0, 0.05) is 19.7 Å². The lowest BCUT2D eigenvalue weighted by Gasteiger charge is -2.18. The Morgan fingerprint density at radius 2 is 1.68 bits per heavy atom. The molecule has 0 saturated carbocycles. The zero-order chi connectivity index (χ0) is 18.2. The number of hydrogen-bond acceptors (Lipinski definition) is 5. The highest BCUT2D eigenvalue weighted by Crippen LogP contribution is 2.25. The van der Waals surface area contributed by atoms with Gasteiger partial charge in [-0.25, -0.2) is 0 Å². The zero-order valence-corrected chi connectivity index (χ0v) is 14.9. The lowest BCUT2D eigenvalue weighted by atomic mass is 10.1. The van der Waals surface area contributed by atoms with Crippen molar-refractivity contribution >= 4 is 5.91 Å². The van der Waals surface area contributed by atoms with E-state index in [1.54, 1.807) is 39.5 Å². The fraction of sp³-hybridized carbons (Fsp3) is 0.316. The van der Waals surface area contributed by atoms with Crippen LogP contribution in [0.1, 0.15) is 22.0 Å². The first-order valence-corrected chi connectivity index (χ1v) is 7.80. The molecule has 0 heterocycles. The number of carbonyl (C=O) groups is 1. The highest BCUT2D eigenvalue weighted by molar-refractivity contribution is 5.97. The van der Waals surface area contributed by atoms with E-state index in [1.807, 2.05) is 24.3 Å². The van der Waals surface area contributed by atoms with Gasteiger partial charge in [0.05, 0.1) is 33.0 Å². The molecule has 6 heteroatoms. The van der Waals surface area contributed by atoms with E-state index < -0.39 is 0 Å². The van der Waals surface area contributed by atoms with Crippen LogP contribution in [-0.2, 0) is 4.74 Å². The number of methoxy groups -OCH3 is 4. The topological polar surface area (TPSA) is 66.0 Å². The largest absolute Gasteiger partial charge is 0.497 e.